The van der Waals surface area contributed by atoms with Crippen LogP contribution in [0.15, 0.2) is 45.7 Å². The van der Waals surface area contributed by atoms with E-state index in [0.717, 1.165) is 9.75 Å². The normalized spacial score (nSPS) is 15.0. The molecule has 1 saturated heterocycles. The number of hydrogen-bond acceptors (Lipinski definition) is 7. The van der Waals surface area contributed by atoms with Gasteiger partial charge in [0.05, 0.1) is 15.7 Å². The van der Waals surface area contributed by atoms with Gasteiger partial charge < -0.3 is 14.1 Å². The molecule has 0 bridgehead atoms. The molecule has 4 rings (SSSR count). The van der Waals surface area contributed by atoms with Crippen LogP contribution in [-0.4, -0.2) is 34.8 Å². The van der Waals surface area contributed by atoms with Crippen molar-refractivity contribution in [3.8, 4) is 10.8 Å². The Balaban J connectivity index is 1.26. The summed E-state index contributed by atoms with van der Waals surface area (Å²) >= 11 is 2.98. The highest BCUT2D eigenvalue weighted by atomic mass is 32.1. The van der Waals surface area contributed by atoms with Gasteiger partial charge in [0.25, 0.3) is 5.91 Å². The fraction of sp³-hybridized carbons (Fsp3) is 0.316. The molecule has 140 valence electrons. The van der Waals surface area contributed by atoms with E-state index in [0.29, 0.717) is 37.5 Å². The topological polar surface area (TPSA) is 72.6 Å². The van der Waals surface area contributed by atoms with Gasteiger partial charge in [0.1, 0.15) is 18.6 Å². The maximum absolute atomic E-state index is 12.4. The molecule has 0 spiro atoms. The van der Waals surface area contributed by atoms with Gasteiger partial charge in [-0.25, -0.2) is 4.98 Å². The van der Waals surface area contributed by atoms with Crippen molar-refractivity contribution in [3.63, 3.8) is 0 Å². The van der Waals surface area contributed by atoms with E-state index >= 15 is 0 Å². The minimum Gasteiger partial charge on any atom is -0.459 e. The lowest BCUT2D eigenvalue weighted by molar-refractivity contribution is -0.151. The molecule has 0 N–H and O–H groups in total. The third-order valence-electron chi connectivity index (χ3n) is 4.49. The summed E-state index contributed by atoms with van der Waals surface area (Å²) in [5, 5.41) is 3.85. The second-order valence-electron chi connectivity index (χ2n) is 6.27. The SMILES string of the molecule is O=C(OCc1coc(-c2cccs2)n1)C1CCN(C(=O)c2cccs2)CC1. The number of hydrogen-bond donors (Lipinski definition) is 0. The molecule has 0 aliphatic carbocycles. The van der Waals surface area contributed by atoms with Crippen LogP contribution in [0, 0.1) is 5.92 Å². The van der Waals surface area contributed by atoms with Crippen LogP contribution in [-0.2, 0) is 16.1 Å². The minimum absolute atomic E-state index is 0.0421. The van der Waals surface area contributed by atoms with Gasteiger partial charge in [-0.15, -0.1) is 22.7 Å². The van der Waals surface area contributed by atoms with Gasteiger partial charge in [0.15, 0.2) is 0 Å². The molecule has 0 radical (unpaired) electrons. The summed E-state index contributed by atoms with van der Waals surface area (Å²) in [6.07, 6.45) is 2.76. The van der Waals surface area contributed by atoms with Crippen LogP contribution in [0.1, 0.15) is 28.2 Å². The van der Waals surface area contributed by atoms with Crippen molar-refractivity contribution in [1.29, 1.82) is 0 Å². The van der Waals surface area contributed by atoms with Crippen molar-refractivity contribution in [2.24, 2.45) is 5.92 Å². The molecule has 27 heavy (non-hydrogen) atoms. The van der Waals surface area contributed by atoms with Crippen LogP contribution < -0.4 is 0 Å². The van der Waals surface area contributed by atoms with Crippen LogP contribution >= 0.6 is 22.7 Å². The third kappa shape index (κ3) is 4.12. The number of rotatable bonds is 5. The Bertz CT molecular complexity index is 894. The Hall–Kier alpha value is -2.45. The summed E-state index contributed by atoms with van der Waals surface area (Å²) < 4.78 is 10.8. The van der Waals surface area contributed by atoms with Gasteiger partial charge in [-0.2, -0.15) is 0 Å². The summed E-state index contributed by atoms with van der Waals surface area (Å²) in [7, 11) is 0. The van der Waals surface area contributed by atoms with Crippen LogP contribution in [0.2, 0.25) is 0 Å². The Morgan fingerprint density at radius 2 is 1.96 bits per heavy atom. The maximum Gasteiger partial charge on any atom is 0.309 e. The number of esters is 1. The van der Waals surface area contributed by atoms with Crippen LogP contribution in [0.4, 0.5) is 0 Å². The average Bonchev–Trinajstić information content (AvgIpc) is 3.47. The van der Waals surface area contributed by atoms with E-state index in [4.69, 9.17) is 9.15 Å². The molecule has 4 heterocycles. The van der Waals surface area contributed by atoms with Crippen molar-refractivity contribution in [2.45, 2.75) is 19.4 Å². The highest BCUT2D eigenvalue weighted by molar-refractivity contribution is 7.13. The monoisotopic (exact) mass is 402 g/mol. The molecule has 3 aromatic rings. The summed E-state index contributed by atoms with van der Waals surface area (Å²) in [6, 6.07) is 7.56. The minimum atomic E-state index is -0.237. The van der Waals surface area contributed by atoms with E-state index in [2.05, 4.69) is 4.98 Å². The number of nitrogens with zero attached hydrogens (tertiary/aromatic N) is 2. The van der Waals surface area contributed by atoms with Gasteiger partial charge >= 0.3 is 5.97 Å². The Kier molecular flexibility index (Phi) is 5.35. The standard InChI is InChI=1S/C19H18N2O4S2/c22-18(16-4-2-10-27-16)21-7-5-13(6-8-21)19(23)25-12-14-11-24-17(20-14)15-3-1-9-26-15/h1-4,9-11,13H,5-8,12H2. The van der Waals surface area contributed by atoms with Gasteiger partial charge in [0, 0.05) is 13.1 Å². The smallest absolute Gasteiger partial charge is 0.309 e. The zero-order valence-electron chi connectivity index (χ0n) is 14.5. The summed E-state index contributed by atoms with van der Waals surface area (Å²) in [5.74, 6) is 0.164. The number of oxazole rings is 1. The van der Waals surface area contributed by atoms with Crippen LogP contribution in [0.5, 0.6) is 0 Å². The first-order valence-corrected chi connectivity index (χ1v) is 10.4. The second-order valence-corrected chi connectivity index (χ2v) is 8.17. The van der Waals surface area contributed by atoms with Gasteiger partial charge in [-0.05, 0) is 35.7 Å². The fourth-order valence-corrected chi connectivity index (χ4v) is 4.37. The molecule has 6 nitrogen and oxygen atoms in total. The zero-order chi connectivity index (χ0) is 18.6. The quantitative estimate of drug-likeness (QED) is 0.602. The van der Waals surface area contributed by atoms with Crippen molar-refractivity contribution >= 4 is 34.6 Å². The molecule has 1 aliphatic heterocycles. The number of carbonyl (C=O) groups excluding carboxylic acids is 2. The number of carbonyl (C=O) groups is 2. The van der Waals surface area contributed by atoms with E-state index in [-0.39, 0.29) is 24.4 Å². The van der Waals surface area contributed by atoms with Gasteiger partial charge in [-0.3, -0.25) is 9.59 Å². The first kappa shape index (κ1) is 17.9. The lowest BCUT2D eigenvalue weighted by Gasteiger charge is -2.30. The maximum atomic E-state index is 12.4. The third-order valence-corrected chi connectivity index (χ3v) is 6.21. The number of piperidine rings is 1. The number of aromatic nitrogens is 1. The summed E-state index contributed by atoms with van der Waals surface area (Å²) in [5.41, 5.74) is 0.594. The lowest BCUT2D eigenvalue weighted by Crippen LogP contribution is -2.40. The Morgan fingerprint density at radius 1 is 1.19 bits per heavy atom. The van der Waals surface area contributed by atoms with Crippen molar-refractivity contribution in [1.82, 2.24) is 9.88 Å². The summed E-state index contributed by atoms with van der Waals surface area (Å²) in [6.45, 7) is 1.24. The molecule has 1 amide bonds. The number of likely N-dealkylation sites (tertiary alicyclic amines) is 1. The Morgan fingerprint density at radius 3 is 2.67 bits per heavy atom. The van der Waals surface area contributed by atoms with Gasteiger partial charge in [-0.1, -0.05) is 12.1 Å². The average molecular weight is 402 g/mol. The van der Waals surface area contributed by atoms with Crippen LogP contribution in [0.25, 0.3) is 10.8 Å². The number of amides is 1. The zero-order valence-corrected chi connectivity index (χ0v) is 16.1. The highest BCUT2D eigenvalue weighted by Crippen LogP contribution is 2.25. The van der Waals surface area contributed by atoms with Crippen molar-refractivity contribution < 1.29 is 18.7 Å². The van der Waals surface area contributed by atoms with Gasteiger partial charge in [0.2, 0.25) is 5.89 Å². The molecule has 1 fully saturated rings. The Labute approximate surface area is 164 Å². The molecule has 0 saturated carbocycles. The highest BCUT2D eigenvalue weighted by Gasteiger charge is 2.29. The number of ether oxygens (including phenoxy) is 1. The second kappa shape index (κ2) is 8.06. The largest absolute Gasteiger partial charge is 0.459 e. The predicted molar refractivity (Wildman–Crippen MR) is 103 cm³/mol. The molecule has 0 unspecified atom stereocenters. The van der Waals surface area contributed by atoms with E-state index in [9.17, 15) is 9.59 Å². The van der Waals surface area contributed by atoms with Crippen molar-refractivity contribution in [2.75, 3.05) is 13.1 Å². The molecule has 8 heteroatoms. The molecule has 3 aromatic heterocycles. The summed E-state index contributed by atoms with van der Waals surface area (Å²) in [4.78, 5) is 32.5. The first-order chi connectivity index (χ1) is 13.2. The molecule has 0 atom stereocenters. The molecule has 1 aliphatic rings. The molecular formula is C19H18N2O4S2. The predicted octanol–water partition coefficient (Wildman–Crippen LogP) is 4.06. The van der Waals surface area contributed by atoms with Crippen LogP contribution in [0.3, 0.4) is 0 Å². The molecular weight excluding hydrogens is 384 g/mol. The molecule has 0 aromatic carbocycles. The lowest BCUT2D eigenvalue weighted by atomic mass is 9.97. The van der Waals surface area contributed by atoms with E-state index < -0.39 is 0 Å². The van der Waals surface area contributed by atoms with E-state index in [1.165, 1.54) is 17.6 Å². The fourth-order valence-electron chi connectivity index (χ4n) is 3.02. The van der Waals surface area contributed by atoms with Crippen molar-refractivity contribution in [3.05, 3.63) is 51.9 Å². The number of thiophene rings is 2. The first-order valence-electron chi connectivity index (χ1n) is 8.68. The van der Waals surface area contributed by atoms with E-state index in [1.54, 1.807) is 16.2 Å². The van der Waals surface area contributed by atoms with E-state index in [1.807, 2.05) is 35.0 Å².